The molecule has 1 aliphatic heterocycles. The van der Waals surface area contributed by atoms with Crippen molar-refractivity contribution in [2.45, 2.75) is 32.6 Å². The molecule has 4 rings (SSSR count). The van der Waals surface area contributed by atoms with Gasteiger partial charge in [0.15, 0.2) is 0 Å². The molecule has 0 unspecified atom stereocenters. The molecule has 4 heterocycles. The van der Waals surface area contributed by atoms with Crippen LogP contribution in [-0.4, -0.2) is 43.6 Å². The molecule has 25 heavy (non-hydrogen) atoms. The molecule has 1 aliphatic rings. The number of aromatic nitrogens is 4. The fourth-order valence-corrected chi connectivity index (χ4v) is 3.66. The van der Waals surface area contributed by atoms with Crippen molar-refractivity contribution in [2.75, 3.05) is 13.1 Å². The summed E-state index contributed by atoms with van der Waals surface area (Å²) in [5.41, 5.74) is 4.88. The lowest BCUT2D eigenvalue weighted by Gasteiger charge is -2.32. The molecule has 0 aliphatic carbocycles. The molecule has 3 aromatic heterocycles. The van der Waals surface area contributed by atoms with Crippen LogP contribution in [0.1, 0.15) is 46.1 Å². The highest BCUT2D eigenvalue weighted by Crippen LogP contribution is 2.29. The van der Waals surface area contributed by atoms with Gasteiger partial charge in [0.05, 0.1) is 11.8 Å². The fraction of sp³-hybridized carbons (Fsp3) is 0.421. The van der Waals surface area contributed by atoms with Crippen LogP contribution in [0, 0.1) is 13.8 Å². The zero-order valence-corrected chi connectivity index (χ0v) is 14.9. The number of pyridine rings is 1. The Balaban J connectivity index is 1.57. The van der Waals surface area contributed by atoms with E-state index in [0.717, 1.165) is 48.2 Å². The lowest BCUT2D eigenvalue weighted by Crippen LogP contribution is -2.39. The van der Waals surface area contributed by atoms with Crippen LogP contribution in [-0.2, 0) is 7.05 Å². The average Bonchev–Trinajstić information content (AvgIpc) is 3.18. The smallest absolute Gasteiger partial charge is 0.257 e. The molecule has 0 bridgehead atoms. The maximum Gasteiger partial charge on any atom is 0.257 e. The van der Waals surface area contributed by atoms with Gasteiger partial charge in [0.1, 0.15) is 5.65 Å². The first-order valence-electron chi connectivity index (χ1n) is 8.76. The van der Waals surface area contributed by atoms with Gasteiger partial charge in [-0.25, -0.2) is 4.98 Å². The lowest BCUT2D eigenvalue weighted by atomic mass is 9.94. The van der Waals surface area contributed by atoms with Gasteiger partial charge in [-0.05, 0) is 44.4 Å². The highest BCUT2D eigenvalue weighted by atomic mass is 16.2. The quantitative estimate of drug-likeness (QED) is 0.782. The molecule has 1 amide bonds. The SMILES string of the molecule is Cc1cnc2[nH]c([C@H]3CCCN(C(=O)c4cnn(C)c4C)C3)cc2c1. The van der Waals surface area contributed by atoms with Crippen molar-refractivity contribution < 1.29 is 4.79 Å². The predicted molar refractivity (Wildman–Crippen MR) is 96.7 cm³/mol. The number of H-pyrrole nitrogens is 1. The molecule has 1 fully saturated rings. The standard InChI is InChI=1S/C19H23N5O/c1-12-7-15-8-17(22-18(15)20-9-12)14-5-4-6-24(11-14)19(25)16-10-21-23(3)13(16)2/h7-10,14H,4-6,11H2,1-3H3,(H,20,22)/t14-/m0/s1. The Kier molecular flexibility index (Phi) is 3.82. The van der Waals surface area contributed by atoms with Crippen LogP contribution in [0.15, 0.2) is 24.5 Å². The number of nitrogens with one attached hydrogen (secondary N) is 1. The highest BCUT2D eigenvalue weighted by Gasteiger charge is 2.28. The van der Waals surface area contributed by atoms with Crippen LogP contribution >= 0.6 is 0 Å². The second-order valence-corrected chi connectivity index (χ2v) is 7.03. The molecular weight excluding hydrogens is 314 g/mol. The van der Waals surface area contributed by atoms with Crippen LogP contribution in [0.4, 0.5) is 0 Å². The number of hydrogen-bond donors (Lipinski definition) is 1. The number of piperidine rings is 1. The van der Waals surface area contributed by atoms with Gasteiger partial charge in [-0.3, -0.25) is 9.48 Å². The van der Waals surface area contributed by atoms with Crippen molar-refractivity contribution in [2.24, 2.45) is 7.05 Å². The van der Waals surface area contributed by atoms with Crippen molar-refractivity contribution in [3.8, 4) is 0 Å². The summed E-state index contributed by atoms with van der Waals surface area (Å²) in [5.74, 6) is 0.407. The van der Waals surface area contributed by atoms with Crippen molar-refractivity contribution >= 4 is 16.9 Å². The number of nitrogens with zero attached hydrogens (tertiary/aromatic N) is 4. The number of carbonyl (C=O) groups excluding carboxylic acids is 1. The predicted octanol–water partition coefficient (Wildman–Crippen LogP) is 2.93. The van der Waals surface area contributed by atoms with Gasteiger partial charge in [0.25, 0.3) is 5.91 Å². The fourth-order valence-electron chi connectivity index (χ4n) is 3.66. The van der Waals surface area contributed by atoms with Crippen LogP contribution < -0.4 is 0 Å². The van der Waals surface area contributed by atoms with Gasteiger partial charge in [0.2, 0.25) is 0 Å². The van der Waals surface area contributed by atoms with Gasteiger partial charge in [0, 0.05) is 49.0 Å². The van der Waals surface area contributed by atoms with Gasteiger partial charge in [-0.2, -0.15) is 5.10 Å². The van der Waals surface area contributed by atoms with Crippen molar-refractivity contribution in [3.63, 3.8) is 0 Å². The van der Waals surface area contributed by atoms with E-state index in [1.807, 2.05) is 25.1 Å². The Morgan fingerprint density at radius 1 is 1.28 bits per heavy atom. The van der Waals surface area contributed by atoms with E-state index in [1.165, 1.54) is 5.69 Å². The van der Waals surface area contributed by atoms with Gasteiger partial charge in [-0.15, -0.1) is 0 Å². The summed E-state index contributed by atoms with van der Waals surface area (Å²) in [5, 5.41) is 5.34. The number of aryl methyl sites for hydroxylation is 2. The number of rotatable bonds is 2. The highest BCUT2D eigenvalue weighted by molar-refractivity contribution is 5.95. The van der Waals surface area contributed by atoms with Crippen molar-refractivity contribution in [3.05, 3.63) is 47.0 Å². The van der Waals surface area contributed by atoms with Crippen LogP contribution in [0.25, 0.3) is 11.0 Å². The monoisotopic (exact) mass is 337 g/mol. The minimum atomic E-state index is 0.0837. The third-order valence-electron chi connectivity index (χ3n) is 5.24. The number of hydrogen-bond acceptors (Lipinski definition) is 3. The second kappa shape index (κ2) is 6.02. The van der Waals surface area contributed by atoms with Gasteiger partial charge in [-0.1, -0.05) is 0 Å². The summed E-state index contributed by atoms with van der Waals surface area (Å²) in [7, 11) is 1.87. The third-order valence-corrected chi connectivity index (χ3v) is 5.24. The zero-order valence-electron chi connectivity index (χ0n) is 14.9. The number of aromatic amines is 1. The minimum Gasteiger partial charge on any atom is -0.343 e. The molecule has 6 nitrogen and oxygen atoms in total. The maximum absolute atomic E-state index is 12.9. The maximum atomic E-state index is 12.9. The Bertz CT molecular complexity index is 939. The molecule has 0 aromatic carbocycles. The van der Waals surface area contributed by atoms with Crippen LogP contribution in [0.3, 0.4) is 0 Å². The number of amides is 1. The van der Waals surface area contributed by atoms with Gasteiger partial charge >= 0.3 is 0 Å². The number of likely N-dealkylation sites (tertiary alicyclic amines) is 1. The summed E-state index contributed by atoms with van der Waals surface area (Å²) in [6.45, 7) is 5.53. The zero-order chi connectivity index (χ0) is 17.6. The summed E-state index contributed by atoms with van der Waals surface area (Å²) in [4.78, 5) is 22.7. The molecule has 0 saturated carbocycles. The number of carbonyl (C=O) groups is 1. The van der Waals surface area contributed by atoms with E-state index in [4.69, 9.17) is 0 Å². The summed E-state index contributed by atoms with van der Waals surface area (Å²) in [6, 6.07) is 4.33. The summed E-state index contributed by atoms with van der Waals surface area (Å²) in [6.07, 6.45) is 5.65. The minimum absolute atomic E-state index is 0.0837. The first-order chi connectivity index (χ1) is 12.0. The molecule has 1 atom stereocenters. The molecule has 0 spiro atoms. The Hall–Kier alpha value is -2.63. The van der Waals surface area contributed by atoms with E-state index in [9.17, 15) is 4.79 Å². The molecule has 1 saturated heterocycles. The first-order valence-corrected chi connectivity index (χ1v) is 8.76. The lowest BCUT2D eigenvalue weighted by molar-refractivity contribution is 0.0705. The van der Waals surface area contributed by atoms with Crippen LogP contribution in [0.2, 0.25) is 0 Å². The average molecular weight is 337 g/mol. The van der Waals surface area contributed by atoms with Crippen LogP contribution in [0.5, 0.6) is 0 Å². The normalized spacial score (nSPS) is 18.0. The van der Waals surface area contributed by atoms with E-state index < -0.39 is 0 Å². The van der Waals surface area contributed by atoms with Crippen molar-refractivity contribution in [1.29, 1.82) is 0 Å². The summed E-state index contributed by atoms with van der Waals surface area (Å²) >= 11 is 0. The Morgan fingerprint density at radius 2 is 2.12 bits per heavy atom. The molecule has 130 valence electrons. The van der Waals surface area contributed by atoms with E-state index in [1.54, 1.807) is 10.9 Å². The largest absolute Gasteiger partial charge is 0.343 e. The topological polar surface area (TPSA) is 66.8 Å². The number of fused-ring (bicyclic) bond motifs is 1. The summed E-state index contributed by atoms with van der Waals surface area (Å²) < 4.78 is 1.75. The van der Waals surface area contributed by atoms with E-state index in [-0.39, 0.29) is 5.91 Å². The van der Waals surface area contributed by atoms with E-state index in [2.05, 4.69) is 34.1 Å². The molecule has 6 heteroatoms. The second-order valence-electron chi connectivity index (χ2n) is 7.03. The molecule has 3 aromatic rings. The van der Waals surface area contributed by atoms with E-state index in [0.29, 0.717) is 11.5 Å². The molecular formula is C19H23N5O. The molecule has 0 radical (unpaired) electrons. The Morgan fingerprint density at radius 3 is 2.88 bits per heavy atom. The first kappa shape index (κ1) is 15.9. The van der Waals surface area contributed by atoms with Gasteiger partial charge < -0.3 is 9.88 Å². The molecule has 1 N–H and O–H groups in total. The Labute approximate surface area is 146 Å². The van der Waals surface area contributed by atoms with E-state index >= 15 is 0 Å². The third kappa shape index (κ3) is 2.81. The van der Waals surface area contributed by atoms with Crippen molar-refractivity contribution in [1.82, 2.24) is 24.6 Å².